The van der Waals surface area contributed by atoms with Crippen LogP contribution in [0.25, 0.3) is 0 Å². The highest BCUT2D eigenvalue weighted by atomic mass is 16.7. The van der Waals surface area contributed by atoms with Crippen molar-refractivity contribution in [2.24, 2.45) is 0 Å². The Morgan fingerprint density at radius 1 is 1.22 bits per heavy atom. The Balaban J connectivity index is 0. The molecule has 0 aliphatic carbocycles. The van der Waals surface area contributed by atoms with Crippen LogP contribution in [-0.4, -0.2) is 71.9 Å². The molecule has 0 saturated carbocycles. The predicted molar refractivity (Wildman–Crippen MR) is 59.9 cm³/mol. The van der Waals surface area contributed by atoms with Gasteiger partial charge in [0, 0.05) is 0 Å². The molecule has 2 fully saturated rings. The summed E-state index contributed by atoms with van der Waals surface area (Å²) in [4.78, 5) is 8.36. The molecule has 107 valence electrons. The van der Waals surface area contributed by atoms with Gasteiger partial charge in [-0.05, 0) is 0 Å². The lowest BCUT2D eigenvalue weighted by molar-refractivity contribution is -0.261. The summed E-state index contributed by atoms with van der Waals surface area (Å²) in [6.45, 7) is -0.620. The molecule has 0 aromatic heterocycles. The summed E-state index contributed by atoms with van der Waals surface area (Å²) in [5, 5.41) is 34.6. The smallest absolute Gasteiger partial charge is 0.483 e. The van der Waals surface area contributed by atoms with E-state index in [9.17, 15) is 10.2 Å². The van der Waals surface area contributed by atoms with Crippen LogP contribution in [0.5, 0.6) is 0 Å². The molecule has 2 saturated heterocycles. The predicted octanol–water partition coefficient (Wildman–Crippen LogP) is -2.13. The summed E-state index contributed by atoms with van der Waals surface area (Å²) in [5.74, 6) is 0. The van der Waals surface area contributed by atoms with Crippen LogP contribution in [0.3, 0.4) is 0 Å². The van der Waals surface area contributed by atoms with Crippen molar-refractivity contribution >= 4 is 14.2 Å². The summed E-state index contributed by atoms with van der Waals surface area (Å²) in [7, 11) is 1.06. The first-order chi connectivity index (χ1) is 7.65. The van der Waals surface area contributed by atoms with Gasteiger partial charge in [0.15, 0.2) is 6.29 Å². The minimum atomic E-state index is -1.18. The maximum atomic E-state index is 9.54. The number of carbonyl (C=O) groups is 1. The van der Waals surface area contributed by atoms with Crippen LogP contribution in [0.1, 0.15) is 7.43 Å². The van der Waals surface area contributed by atoms with Crippen molar-refractivity contribution in [3.8, 4) is 0 Å². The normalized spacial score (nSPS) is 36.7. The monoisotopic (exact) mass is 268 g/mol. The first kappa shape index (κ1) is 19.6. The zero-order valence-corrected chi connectivity index (χ0v) is 8.88. The van der Waals surface area contributed by atoms with Gasteiger partial charge in [0.1, 0.15) is 24.4 Å². The number of hydrogen-bond acceptors (Lipinski definition) is 8. The van der Waals surface area contributed by atoms with E-state index in [1.807, 2.05) is 0 Å². The summed E-state index contributed by atoms with van der Waals surface area (Å²) in [5.41, 5.74) is 0. The molecule has 2 aliphatic rings. The molecule has 0 bridgehead atoms. The third-order valence-corrected chi connectivity index (χ3v) is 2.24. The van der Waals surface area contributed by atoms with Gasteiger partial charge in [-0.3, -0.25) is 4.79 Å². The summed E-state index contributed by atoms with van der Waals surface area (Å²) in [6, 6.07) is 0. The minimum absolute atomic E-state index is 0. The third kappa shape index (κ3) is 4.17. The van der Waals surface area contributed by atoms with E-state index in [0.717, 1.165) is 7.69 Å². The number of ether oxygens (including phenoxy) is 1. The Kier molecular flexibility index (Phi) is 10.0. The quantitative estimate of drug-likeness (QED) is 0.264. The number of aliphatic hydroxyl groups excluding tert-OH is 3. The first-order valence-corrected chi connectivity index (χ1v) is 4.48. The van der Waals surface area contributed by atoms with E-state index in [0.29, 0.717) is 0 Å². The maximum Gasteiger partial charge on any atom is 0.488 e. The van der Waals surface area contributed by atoms with Gasteiger partial charge in [0.05, 0.1) is 6.61 Å². The van der Waals surface area contributed by atoms with Crippen molar-refractivity contribution in [1.29, 1.82) is 0 Å². The third-order valence-electron chi connectivity index (χ3n) is 2.24. The van der Waals surface area contributed by atoms with Crippen molar-refractivity contribution in [2.75, 3.05) is 6.61 Å². The molecule has 2 heterocycles. The molecule has 0 aromatic rings. The number of rotatable bonds is 1. The summed E-state index contributed by atoms with van der Waals surface area (Å²) < 4.78 is 14.7. The largest absolute Gasteiger partial charge is 0.488 e. The summed E-state index contributed by atoms with van der Waals surface area (Å²) >= 11 is 0. The molecule has 0 aromatic carbocycles. The van der Waals surface area contributed by atoms with E-state index >= 15 is 0 Å². The molecule has 10 heteroatoms. The lowest BCUT2D eigenvalue weighted by Gasteiger charge is -2.37. The zero-order chi connectivity index (χ0) is 12.1. The van der Waals surface area contributed by atoms with E-state index in [4.69, 9.17) is 29.1 Å². The second-order valence-corrected chi connectivity index (χ2v) is 3.14. The highest BCUT2D eigenvalue weighted by Gasteiger charge is 2.49. The summed E-state index contributed by atoms with van der Waals surface area (Å²) in [6.07, 6.45) is -4.37. The standard InChI is InChI=1S/C6H10BO6.CH2O2.CH4.H3N/c8-1-2-3(9)4-5(6(10)11-2)13-7-12-4;2-1-3;;/h2-6,8-10H,1H2;1H,(H,2,3);1H4;1H3. The van der Waals surface area contributed by atoms with Gasteiger partial charge in [-0.2, -0.15) is 0 Å². The first-order valence-electron chi connectivity index (χ1n) is 4.48. The van der Waals surface area contributed by atoms with Gasteiger partial charge < -0.3 is 40.6 Å². The van der Waals surface area contributed by atoms with E-state index in [1.165, 1.54) is 0 Å². The van der Waals surface area contributed by atoms with E-state index in [1.54, 1.807) is 0 Å². The van der Waals surface area contributed by atoms with Crippen LogP contribution in [0.2, 0.25) is 0 Å². The molecule has 5 atom stereocenters. The second-order valence-electron chi connectivity index (χ2n) is 3.14. The minimum Gasteiger partial charge on any atom is -0.483 e. The average molecular weight is 268 g/mol. The molecule has 5 unspecified atom stereocenters. The van der Waals surface area contributed by atoms with Crippen molar-refractivity contribution in [3.63, 3.8) is 0 Å². The van der Waals surface area contributed by atoms with Crippen molar-refractivity contribution < 1.29 is 39.3 Å². The number of carboxylic acid groups (broad SMARTS) is 1. The molecular formula is C8H19BNO8. The van der Waals surface area contributed by atoms with Crippen LogP contribution in [0, 0.1) is 0 Å². The fourth-order valence-corrected chi connectivity index (χ4v) is 1.52. The van der Waals surface area contributed by atoms with Gasteiger partial charge in [-0.1, -0.05) is 7.43 Å². The Bertz CT molecular complexity index is 233. The van der Waals surface area contributed by atoms with E-state index < -0.39 is 30.7 Å². The van der Waals surface area contributed by atoms with Crippen LogP contribution in [-0.2, 0) is 18.8 Å². The van der Waals surface area contributed by atoms with Crippen LogP contribution < -0.4 is 6.15 Å². The van der Waals surface area contributed by atoms with E-state index in [-0.39, 0.29) is 26.7 Å². The van der Waals surface area contributed by atoms with Gasteiger partial charge in [0.25, 0.3) is 6.47 Å². The molecule has 18 heavy (non-hydrogen) atoms. The molecule has 2 aliphatic heterocycles. The lowest BCUT2D eigenvalue weighted by atomic mass is 9.99. The van der Waals surface area contributed by atoms with Gasteiger partial charge in [-0.15, -0.1) is 0 Å². The van der Waals surface area contributed by atoms with Gasteiger partial charge in [0.2, 0.25) is 0 Å². The Hall–Kier alpha value is -0.745. The fraction of sp³-hybridized carbons (Fsp3) is 0.875. The van der Waals surface area contributed by atoms with Crippen molar-refractivity contribution in [3.05, 3.63) is 0 Å². The average Bonchev–Trinajstić information content (AvgIpc) is 2.74. The van der Waals surface area contributed by atoms with Crippen LogP contribution >= 0.6 is 0 Å². The Morgan fingerprint density at radius 3 is 2.22 bits per heavy atom. The highest BCUT2D eigenvalue weighted by Crippen LogP contribution is 2.27. The van der Waals surface area contributed by atoms with Gasteiger partial charge >= 0.3 is 7.69 Å². The lowest BCUT2D eigenvalue weighted by Crippen LogP contribution is -2.57. The number of hydrogen-bond donors (Lipinski definition) is 5. The number of fused-ring (bicyclic) bond motifs is 1. The molecular weight excluding hydrogens is 249 g/mol. The second kappa shape index (κ2) is 9.22. The van der Waals surface area contributed by atoms with Gasteiger partial charge in [-0.25, -0.2) is 0 Å². The molecule has 1 radical (unpaired) electrons. The SMILES string of the molecule is C.N.O=CO.OCC1OC(O)C2O[B]OC2C1O. The zero-order valence-electron chi connectivity index (χ0n) is 8.88. The molecule has 2 rings (SSSR count). The Labute approximate surface area is 105 Å². The Morgan fingerprint density at radius 2 is 1.72 bits per heavy atom. The topological polar surface area (TPSA) is 161 Å². The van der Waals surface area contributed by atoms with E-state index in [2.05, 4.69) is 0 Å². The molecule has 9 nitrogen and oxygen atoms in total. The van der Waals surface area contributed by atoms with Crippen molar-refractivity contribution in [2.45, 2.75) is 38.1 Å². The van der Waals surface area contributed by atoms with Crippen molar-refractivity contribution in [1.82, 2.24) is 6.15 Å². The maximum absolute atomic E-state index is 9.54. The van der Waals surface area contributed by atoms with Crippen LogP contribution in [0.4, 0.5) is 0 Å². The molecule has 7 N–H and O–H groups in total. The molecule has 0 spiro atoms. The number of aliphatic hydroxyl groups is 3. The highest BCUT2D eigenvalue weighted by molar-refractivity contribution is 6.19. The molecule has 0 amide bonds. The van der Waals surface area contributed by atoms with Crippen LogP contribution in [0.15, 0.2) is 0 Å². The fourth-order valence-electron chi connectivity index (χ4n) is 1.52.